The van der Waals surface area contributed by atoms with Crippen LogP contribution >= 0.6 is 11.6 Å². The van der Waals surface area contributed by atoms with Crippen molar-refractivity contribution in [2.45, 2.75) is 116 Å². The van der Waals surface area contributed by atoms with Gasteiger partial charge >= 0.3 is 5.97 Å². The minimum Gasteiger partial charge on any atom is -0.480 e. The van der Waals surface area contributed by atoms with Crippen LogP contribution in [0.15, 0.2) is 0 Å². The summed E-state index contributed by atoms with van der Waals surface area (Å²) >= 11 is 6.30. The summed E-state index contributed by atoms with van der Waals surface area (Å²) in [6.07, 6.45) is 9.01. The van der Waals surface area contributed by atoms with Crippen LogP contribution in [-0.4, -0.2) is 58.7 Å². The molecule has 6 atom stereocenters. The Morgan fingerprint density at radius 2 is 1.78 bits per heavy atom. The van der Waals surface area contributed by atoms with Crippen LogP contribution in [-0.2, 0) is 19.1 Å². The zero-order valence-electron chi connectivity index (χ0n) is 22.4. The number of halogens is 1. The molecule has 3 saturated carbocycles. The molecular weight excluding hydrogens is 484 g/mol. The van der Waals surface area contributed by atoms with Crippen molar-refractivity contribution in [2.75, 3.05) is 6.61 Å². The Labute approximate surface area is 221 Å². The van der Waals surface area contributed by atoms with Gasteiger partial charge in [-0.05, 0) is 81.5 Å². The summed E-state index contributed by atoms with van der Waals surface area (Å²) in [5.41, 5.74) is 5.19. The lowest BCUT2D eigenvalue weighted by Crippen LogP contribution is -2.44. The minimum atomic E-state index is -0.986. The molecule has 0 heterocycles. The second kappa shape index (κ2) is 13.4. The second-order valence-electron chi connectivity index (χ2n) is 11.9. The van der Waals surface area contributed by atoms with Crippen LogP contribution in [0.5, 0.6) is 0 Å². The average Bonchev–Trinajstić information content (AvgIpc) is 3.03. The smallest absolute Gasteiger partial charge is 0.326 e. The largest absolute Gasteiger partial charge is 0.480 e. The van der Waals surface area contributed by atoms with Crippen LogP contribution in [0.1, 0.15) is 91.9 Å². The van der Waals surface area contributed by atoms with Gasteiger partial charge in [0, 0.05) is 11.3 Å². The van der Waals surface area contributed by atoms with Crippen LogP contribution in [0, 0.1) is 28.6 Å². The lowest BCUT2D eigenvalue weighted by atomic mass is 9.66. The molecule has 0 aromatic carbocycles. The SMILES string of the molecule is C[C@H]1CC[C@@](C)(C(N)=O)C1(C)C.O=CN[C@@H](CC1CCC(OCC2C(O)CCCC2Cl)CC1)C(=O)O. The summed E-state index contributed by atoms with van der Waals surface area (Å²) in [6, 6.07) is -0.806. The van der Waals surface area contributed by atoms with E-state index in [1.807, 2.05) is 6.92 Å². The maximum absolute atomic E-state index is 11.3. The van der Waals surface area contributed by atoms with Crippen LogP contribution in [0.3, 0.4) is 0 Å². The van der Waals surface area contributed by atoms with Crippen molar-refractivity contribution < 1.29 is 29.3 Å². The fourth-order valence-corrected chi connectivity index (χ4v) is 6.41. The van der Waals surface area contributed by atoms with Crippen molar-refractivity contribution in [1.29, 1.82) is 0 Å². The third-order valence-corrected chi connectivity index (χ3v) is 10.2. The lowest BCUT2D eigenvalue weighted by Gasteiger charge is -2.38. The molecule has 5 N–H and O–H groups in total. The second-order valence-corrected chi connectivity index (χ2v) is 12.5. The van der Waals surface area contributed by atoms with E-state index in [2.05, 4.69) is 26.1 Å². The van der Waals surface area contributed by atoms with Gasteiger partial charge in [0.05, 0.1) is 24.2 Å². The number of ether oxygens (including phenoxy) is 1. The third-order valence-electron chi connectivity index (χ3n) is 9.67. The maximum atomic E-state index is 11.3. The zero-order chi connectivity index (χ0) is 27.1. The van der Waals surface area contributed by atoms with E-state index in [0.717, 1.165) is 57.8 Å². The van der Waals surface area contributed by atoms with Gasteiger partial charge in [0.2, 0.25) is 12.3 Å². The molecule has 2 amide bonds. The van der Waals surface area contributed by atoms with Crippen molar-refractivity contribution in [3.8, 4) is 0 Å². The summed E-state index contributed by atoms with van der Waals surface area (Å²) in [4.78, 5) is 32.9. The van der Waals surface area contributed by atoms with Gasteiger partial charge in [-0.1, -0.05) is 27.7 Å². The average molecular weight is 531 g/mol. The number of rotatable bonds is 9. The Kier molecular flexibility index (Phi) is 11.5. The highest BCUT2D eigenvalue weighted by molar-refractivity contribution is 6.20. The number of hydrogen-bond acceptors (Lipinski definition) is 5. The molecule has 9 heteroatoms. The van der Waals surface area contributed by atoms with E-state index in [9.17, 15) is 19.5 Å². The monoisotopic (exact) mass is 530 g/mol. The Balaban J connectivity index is 0.000000319. The lowest BCUT2D eigenvalue weighted by molar-refractivity contribution is -0.141. The molecule has 0 aliphatic heterocycles. The number of carbonyl (C=O) groups excluding carboxylic acids is 2. The summed E-state index contributed by atoms with van der Waals surface area (Å²) < 4.78 is 5.98. The van der Waals surface area contributed by atoms with Crippen molar-refractivity contribution in [1.82, 2.24) is 5.32 Å². The Morgan fingerprint density at radius 3 is 2.22 bits per heavy atom. The molecule has 3 aliphatic carbocycles. The first kappa shape index (κ1) is 30.8. The summed E-state index contributed by atoms with van der Waals surface area (Å²) in [5.74, 6) is -0.238. The standard InChI is InChI=1S/C17H28ClNO5.C10H19NO/c18-14-2-1-3-16(21)13(14)9-24-12-6-4-11(5-7-12)8-15(17(22)23)19-10-20;1-7-5-6-10(4,8(11)12)9(7,2)3/h10-16,21H,1-9H2,(H,19,20)(H,22,23);7H,5-6H2,1-4H3,(H2,11,12)/t11?,12?,13?,14?,15-,16?;7-,10-/m00/s1. The Bertz CT molecular complexity index is 732. The number of hydrogen-bond donors (Lipinski definition) is 4. The Morgan fingerprint density at radius 1 is 1.14 bits per heavy atom. The fraction of sp³-hybridized carbons (Fsp3) is 0.889. The Hall–Kier alpha value is -1.38. The quantitative estimate of drug-likeness (QED) is 0.264. The van der Waals surface area contributed by atoms with Crippen LogP contribution in [0.4, 0.5) is 0 Å². The first-order chi connectivity index (χ1) is 16.8. The molecule has 3 fully saturated rings. The van der Waals surface area contributed by atoms with E-state index in [4.69, 9.17) is 27.2 Å². The predicted molar refractivity (Wildman–Crippen MR) is 139 cm³/mol. The summed E-state index contributed by atoms with van der Waals surface area (Å²) in [5, 5.41) is 21.5. The fourth-order valence-electron chi connectivity index (χ4n) is 6.02. The molecule has 0 radical (unpaired) electrons. The van der Waals surface area contributed by atoms with Crippen molar-refractivity contribution in [3.05, 3.63) is 0 Å². The molecule has 3 unspecified atom stereocenters. The first-order valence-electron chi connectivity index (χ1n) is 13.5. The number of nitrogens with one attached hydrogen (secondary N) is 1. The zero-order valence-corrected chi connectivity index (χ0v) is 23.1. The molecule has 0 saturated heterocycles. The van der Waals surface area contributed by atoms with E-state index in [1.165, 1.54) is 0 Å². The molecule has 36 heavy (non-hydrogen) atoms. The van der Waals surface area contributed by atoms with Gasteiger partial charge in [0.25, 0.3) is 0 Å². The van der Waals surface area contributed by atoms with Crippen molar-refractivity contribution >= 4 is 29.9 Å². The number of amides is 2. The number of carboxylic acids is 1. The predicted octanol–water partition coefficient (Wildman–Crippen LogP) is 3.85. The van der Waals surface area contributed by atoms with Gasteiger partial charge < -0.3 is 26.0 Å². The number of alkyl halides is 1. The van der Waals surface area contributed by atoms with E-state index in [-0.39, 0.29) is 40.2 Å². The highest BCUT2D eigenvalue weighted by atomic mass is 35.5. The van der Waals surface area contributed by atoms with E-state index >= 15 is 0 Å². The van der Waals surface area contributed by atoms with Gasteiger partial charge in [-0.15, -0.1) is 11.6 Å². The highest BCUT2D eigenvalue weighted by Gasteiger charge is 2.53. The molecule has 0 spiro atoms. The summed E-state index contributed by atoms with van der Waals surface area (Å²) in [7, 11) is 0. The van der Waals surface area contributed by atoms with E-state index in [0.29, 0.717) is 31.3 Å². The molecule has 0 aromatic rings. The molecular formula is C27H47ClN2O6. The number of carbonyl (C=O) groups is 3. The van der Waals surface area contributed by atoms with E-state index in [1.54, 1.807) is 0 Å². The van der Waals surface area contributed by atoms with Gasteiger partial charge in [-0.25, -0.2) is 4.79 Å². The number of carboxylic acid groups (broad SMARTS) is 1. The number of aliphatic hydroxyl groups excluding tert-OH is 1. The van der Waals surface area contributed by atoms with Gasteiger partial charge in [-0.2, -0.15) is 0 Å². The van der Waals surface area contributed by atoms with E-state index < -0.39 is 12.0 Å². The highest BCUT2D eigenvalue weighted by Crippen LogP contribution is 2.55. The van der Waals surface area contributed by atoms with Gasteiger partial charge in [0.15, 0.2) is 0 Å². The number of primary amides is 1. The summed E-state index contributed by atoms with van der Waals surface area (Å²) in [6.45, 7) is 8.99. The molecule has 3 rings (SSSR count). The number of aliphatic hydroxyl groups is 1. The third kappa shape index (κ3) is 7.57. The first-order valence-corrected chi connectivity index (χ1v) is 13.9. The molecule has 8 nitrogen and oxygen atoms in total. The van der Waals surface area contributed by atoms with Gasteiger partial charge in [0.1, 0.15) is 6.04 Å². The number of nitrogens with two attached hydrogens (primary N) is 1. The molecule has 208 valence electrons. The topological polar surface area (TPSA) is 139 Å². The molecule has 3 aliphatic rings. The minimum absolute atomic E-state index is 0.00585. The van der Waals surface area contributed by atoms with Crippen LogP contribution in [0.25, 0.3) is 0 Å². The molecule has 0 bridgehead atoms. The number of aliphatic carboxylic acids is 1. The van der Waals surface area contributed by atoms with Crippen molar-refractivity contribution in [2.24, 2.45) is 34.3 Å². The normalized spacial score (nSPS) is 36.7. The van der Waals surface area contributed by atoms with Crippen LogP contribution < -0.4 is 11.1 Å². The van der Waals surface area contributed by atoms with Crippen LogP contribution in [0.2, 0.25) is 0 Å². The maximum Gasteiger partial charge on any atom is 0.326 e. The van der Waals surface area contributed by atoms with Crippen molar-refractivity contribution in [3.63, 3.8) is 0 Å². The van der Waals surface area contributed by atoms with Gasteiger partial charge in [-0.3, -0.25) is 9.59 Å². The molecule has 0 aromatic heterocycles.